The summed E-state index contributed by atoms with van der Waals surface area (Å²) in [5.41, 5.74) is -0.0153. The van der Waals surface area contributed by atoms with Crippen LogP contribution in [0.3, 0.4) is 0 Å². The van der Waals surface area contributed by atoms with Crippen LogP contribution in [-0.4, -0.2) is 62.3 Å². The Bertz CT molecular complexity index is 626. The Balaban J connectivity index is 1.81. The molecule has 2 N–H and O–H groups in total. The molecule has 1 saturated carbocycles. The fourth-order valence-electron chi connectivity index (χ4n) is 3.94. The zero-order valence-electron chi connectivity index (χ0n) is 15.8. The third-order valence-corrected chi connectivity index (χ3v) is 5.36. The van der Waals surface area contributed by atoms with Crippen molar-refractivity contribution in [2.75, 3.05) is 33.8 Å². The molecule has 1 aromatic rings. The summed E-state index contributed by atoms with van der Waals surface area (Å²) in [7, 11) is 4.10. The van der Waals surface area contributed by atoms with E-state index < -0.39 is 11.8 Å². The number of carbonyl (C=O) groups is 2. The van der Waals surface area contributed by atoms with E-state index in [1.807, 2.05) is 44.4 Å². The van der Waals surface area contributed by atoms with Crippen molar-refractivity contribution in [1.29, 1.82) is 0 Å². The van der Waals surface area contributed by atoms with E-state index in [9.17, 15) is 9.59 Å². The van der Waals surface area contributed by atoms with Crippen molar-refractivity contribution >= 4 is 11.8 Å². The van der Waals surface area contributed by atoms with Crippen LogP contribution < -0.4 is 10.2 Å². The third-order valence-electron chi connectivity index (χ3n) is 5.36. The van der Waals surface area contributed by atoms with E-state index in [2.05, 4.69) is 5.32 Å². The van der Waals surface area contributed by atoms with Gasteiger partial charge in [0.1, 0.15) is 11.8 Å². The summed E-state index contributed by atoms with van der Waals surface area (Å²) >= 11 is 0. The van der Waals surface area contributed by atoms with E-state index in [1.54, 1.807) is 4.90 Å². The molecular weight excluding hydrogens is 330 g/mol. The summed E-state index contributed by atoms with van der Waals surface area (Å²) in [5, 5.41) is 2.98. The molecule has 26 heavy (non-hydrogen) atoms. The molecule has 0 bridgehead atoms. The van der Waals surface area contributed by atoms with Crippen LogP contribution in [0.25, 0.3) is 0 Å². The van der Waals surface area contributed by atoms with Gasteiger partial charge in [-0.2, -0.15) is 0 Å². The van der Waals surface area contributed by atoms with E-state index in [1.165, 1.54) is 4.90 Å². The number of nitrogens with one attached hydrogen (secondary N) is 2. The van der Waals surface area contributed by atoms with Gasteiger partial charge < -0.3 is 15.0 Å². The second-order valence-electron chi connectivity index (χ2n) is 7.62. The molecule has 1 spiro atoms. The van der Waals surface area contributed by atoms with Crippen LogP contribution in [0.15, 0.2) is 30.3 Å². The van der Waals surface area contributed by atoms with Crippen LogP contribution in [0.5, 0.6) is 0 Å². The van der Waals surface area contributed by atoms with Crippen molar-refractivity contribution in [1.82, 2.24) is 10.2 Å². The van der Waals surface area contributed by atoms with Crippen LogP contribution >= 0.6 is 0 Å². The lowest BCUT2D eigenvalue weighted by molar-refractivity contribution is -0.856. The highest BCUT2D eigenvalue weighted by Crippen LogP contribution is 2.41. The zero-order valence-corrected chi connectivity index (χ0v) is 15.8. The Morgan fingerprint density at radius 3 is 2.54 bits per heavy atom. The third kappa shape index (κ3) is 3.91. The van der Waals surface area contributed by atoms with Crippen LogP contribution in [0, 0.1) is 0 Å². The molecule has 142 valence electrons. The number of hydrogen-bond donors (Lipinski definition) is 2. The first-order valence-corrected chi connectivity index (χ1v) is 9.63. The van der Waals surface area contributed by atoms with Gasteiger partial charge in [0.2, 0.25) is 5.91 Å². The van der Waals surface area contributed by atoms with Gasteiger partial charge in [-0.25, -0.2) is 0 Å². The van der Waals surface area contributed by atoms with E-state index in [0.29, 0.717) is 12.1 Å². The predicted molar refractivity (Wildman–Crippen MR) is 98.9 cm³/mol. The first kappa shape index (κ1) is 18.9. The second kappa shape index (κ2) is 8.18. The summed E-state index contributed by atoms with van der Waals surface area (Å²) in [6.45, 7) is 1.72. The molecule has 1 aliphatic carbocycles. The first-order valence-electron chi connectivity index (χ1n) is 9.63. The summed E-state index contributed by atoms with van der Waals surface area (Å²) in [4.78, 5) is 29.1. The number of amides is 2. The SMILES string of the molecule is C[NH+](C)CCNC(=O)[C@H]1COC2(CCCCC2)N1C(=O)c1ccccc1. The van der Waals surface area contributed by atoms with Gasteiger partial charge >= 0.3 is 0 Å². The summed E-state index contributed by atoms with van der Waals surface area (Å²) in [5.74, 6) is -0.221. The van der Waals surface area contributed by atoms with E-state index in [-0.39, 0.29) is 18.4 Å². The van der Waals surface area contributed by atoms with Crippen molar-refractivity contribution < 1.29 is 19.2 Å². The maximum atomic E-state index is 13.3. The summed E-state index contributed by atoms with van der Waals surface area (Å²) in [6, 6.07) is 8.65. The van der Waals surface area contributed by atoms with Gasteiger partial charge in [-0.05, 0) is 37.8 Å². The quantitative estimate of drug-likeness (QED) is 0.801. The summed E-state index contributed by atoms with van der Waals surface area (Å²) in [6.07, 6.45) is 4.81. The molecule has 2 amide bonds. The lowest BCUT2D eigenvalue weighted by atomic mass is 9.89. The molecule has 2 fully saturated rings. The van der Waals surface area contributed by atoms with Gasteiger partial charge in [0.25, 0.3) is 5.91 Å². The van der Waals surface area contributed by atoms with Crippen molar-refractivity contribution in [3.8, 4) is 0 Å². The molecule has 0 unspecified atom stereocenters. The van der Waals surface area contributed by atoms with Crippen LogP contribution in [0.4, 0.5) is 0 Å². The minimum Gasteiger partial charge on any atom is -0.353 e. The van der Waals surface area contributed by atoms with Crippen molar-refractivity contribution in [2.45, 2.75) is 43.9 Å². The van der Waals surface area contributed by atoms with E-state index in [0.717, 1.165) is 38.6 Å². The number of carbonyl (C=O) groups excluding carboxylic acids is 2. The highest BCUT2D eigenvalue weighted by molar-refractivity contribution is 5.98. The molecule has 6 nitrogen and oxygen atoms in total. The fraction of sp³-hybridized carbons (Fsp3) is 0.600. The van der Waals surface area contributed by atoms with Crippen LogP contribution in [0.2, 0.25) is 0 Å². The molecule has 2 aliphatic rings. The number of benzene rings is 1. The maximum Gasteiger partial charge on any atom is 0.256 e. The van der Waals surface area contributed by atoms with Crippen LogP contribution in [-0.2, 0) is 9.53 Å². The van der Waals surface area contributed by atoms with Crippen molar-refractivity contribution in [3.63, 3.8) is 0 Å². The van der Waals surface area contributed by atoms with Crippen molar-refractivity contribution in [2.24, 2.45) is 0 Å². The Hall–Kier alpha value is -1.92. The molecule has 1 atom stereocenters. The molecule has 1 aliphatic heterocycles. The highest BCUT2D eigenvalue weighted by Gasteiger charge is 2.52. The van der Waals surface area contributed by atoms with Gasteiger partial charge in [-0.3, -0.25) is 14.5 Å². The second-order valence-corrected chi connectivity index (χ2v) is 7.62. The molecule has 3 rings (SSSR count). The van der Waals surface area contributed by atoms with E-state index in [4.69, 9.17) is 4.74 Å². The number of nitrogens with zero attached hydrogens (tertiary/aromatic N) is 1. The number of rotatable bonds is 5. The zero-order chi connectivity index (χ0) is 18.6. The maximum absolute atomic E-state index is 13.3. The average molecular weight is 360 g/mol. The number of hydrogen-bond acceptors (Lipinski definition) is 3. The topological polar surface area (TPSA) is 63.1 Å². The number of likely N-dealkylation sites (N-methyl/N-ethyl adjacent to an activating group) is 1. The van der Waals surface area contributed by atoms with Gasteiger partial charge in [0.15, 0.2) is 0 Å². The molecular formula is C20H30N3O3+. The lowest BCUT2D eigenvalue weighted by Crippen LogP contribution is -3.06. The Morgan fingerprint density at radius 2 is 1.88 bits per heavy atom. The Morgan fingerprint density at radius 1 is 1.19 bits per heavy atom. The van der Waals surface area contributed by atoms with Gasteiger partial charge in [-0.1, -0.05) is 24.6 Å². The minimum absolute atomic E-state index is 0.108. The molecule has 1 aromatic carbocycles. The van der Waals surface area contributed by atoms with Gasteiger partial charge in [-0.15, -0.1) is 0 Å². The first-order chi connectivity index (χ1) is 12.5. The highest BCUT2D eigenvalue weighted by atomic mass is 16.5. The Labute approximate surface area is 155 Å². The molecule has 1 heterocycles. The smallest absolute Gasteiger partial charge is 0.256 e. The number of quaternary nitrogens is 1. The van der Waals surface area contributed by atoms with E-state index >= 15 is 0 Å². The monoisotopic (exact) mass is 360 g/mol. The van der Waals surface area contributed by atoms with Crippen molar-refractivity contribution in [3.05, 3.63) is 35.9 Å². The number of ether oxygens (including phenoxy) is 1. The minimum atomic E-state index is -0.625. The fourth-order valence-corrected chi connectivity index (χ4v) is 3.94. The normalized spacial score (nSPS) is 22.0. The Kier molecular flexibility index (Phi) is 5.94. The average Bonchev–Trinajstić information content (AvgIpc) is 3.00. The molecule has 1 saturated heterocycles. The standard InChI is InChI=1S/C20H29N3O3/c1-22(2)14-13-21-18(24)17-15-26-20(11-7-4-8-12-20)23(17)19(25)16-9-5-3-6-10-16/h3,5-6,9-10,17H,4,7-8,11-15H2,1-2H3,(H,21,24)/p+1/t17-/m1/s1. The van der Waals surface area contributed by atoms with Gasteiger partial charge in [0, 0.05) is 5.56 Å². The lowest BCUT2D eigenvalue weighted by Gasteiger charge is -2.41. The molecule has 0 aromatic heterocycles. The summed E-state index contributed by atoms with van der Waals surface area (Å²) < 4.78 is 6.14. The van der Waals surface area contributed by atoms with Crippen LogP contribution in [0.1, 0.15) is 42.5 Å². The predicted octanol–water partition coefficient (Wildman–Crippen LogP) is 0.449. The largest absolute Gasteiger partial charge is 0.353 e. The molecule has 0 radical (unpaired) electrons. The molecule has 6 heteroatoms. The van der Waals surface area contributed by atoms with Gasteiger partial charge in [0.05, 0.1) is 33.8 Å².